The van der Waals surface area contributed by atoms with Gasteiger partial charge in [0, 0.05) is 30.0 Å². The molecule has 0 fully saturated rings. The van der Waals surface area contributed by atoms with E-state index >= 15 is 0 Å². The lowest BCUT2D eigenvalue weighted by Gasteiger charge is -2.18. The third-order valence-corrected chi connectivity index (χ3v) is 7.53. The van der Waals surface area contributed by atoms with Crippen LogP contribution in [-0.4, -0.2) is 44.2 Å². The number of sulfonamides is 1. The molecule has 0 bridgehead atoms. The molecule has 0 atom stereocenters. The molecule has 2 N–H and O–H groups in total. The Morgan fingerprint density at radius 2 is 1.70 bits per heavy atom. The number of amides is 1. The average Bonchev–Trinajstić information content (AvgIpc) is 2.80. The van der Waals surface area contributed by atoms with Crippen molar-refractivity contribution in [2.24, 2.45) is 0 Å². The fourth-order valence-electron chi connectivity index (χ4n) is 2.97. The molecule has 11 heteroatoms. The highest BCUT2D eigenvalue weighted by Gasteiger charge is 2.26. The molecule has 3 aromatic rings. The number of nitrogens with one attached hydrogen (secondary N) is 2. The van der Waals surface area contributed by atoms with Crippen LogP contribution in [0.4, 0.5) is 17.1 Å². The van der Waals surface area contributed by atoms with E-state index in [0.717, 1.165) is 20.2 Å². The molecule has 0 aromatic heterocycles. The normalized spacial score (nSPS) is 11.2. The van der Waals surface area contributed by atoms with E-state index in [9.17, 15) is 23.3 Å². The van der Waals surface area contributed by atoms with Crippen molar-refractivity contribution in [3.63, 3.8) is 0 Å². The van der Waals surface area contributed by atoms with Crippen molar-refractivity contribution in [2.45, 2.75) is 14.7 Å². The fourth-order valence-corrected chi connectivity index (χ4v) is 5.04. The first-order valence-electron chi connectivity index (χ1n) is 9.76. The Morgan fingerprint density at radius 3 is 2.36 bits per heavy atom. The van der Waals surface area contributed by atoms with Crippen molar-refractivity contribution in [2.75, 3.05) is 31.3 Å². The van der Waals surface area contributed by atoms with Gasteiger partial charge in [0.1, 0.15) is 5.69 Å². The van der Waals surface area contributed by atoms with Gasteiger partial charge >= 0.3 is 0 Å². The molecular formula is C22H22N4O5S2. The molecule has 3 rings (SSSR count). The Morgan fingerprint density at radius 1 is 1.03 bits per heavy atom. The van der Waals surface area contributed by atoms with Crippen LogP contribution in [0, 0.1) is 10.1 Å². The van der Waals surface area contributed by atoms with E-state index in [2.05, 4.69) is 10.6 Å². The summed E-state index contributed by atoms with van der Waals surface area (Å²) in [5, 5.41) is 16.7. The van der Waals surface area contributed by atoms with Crippen LogP contribution in [-0.2, 0) is 14.8 Å². The number of nitro benzene ring substituents is 1. The van der Waals surface area contributed by atoms with Crippen LogP contribution in [0.25, 0.3) is 0 Å². The Hall–Kier alpha value is -3.41. The van der Waals surface area contributed by atoms with Crippen LogP contribution in [0.5, 0.6) is 0 Å². The lowest BCUT2D eigenvalue weighted by atomic mass is 10.3. The second kappa shape index (κ2) is 10.5. The minimum absolute atomic E-state index is 0.187. The molecule has 9 nitrogen and oxygen atoms in total. The van der Waals surface area contributed by atoms with E-state index in [1.165, 1.54) is 38.0 Å². The maximum Gasteiger partial charge on any atom is 0.293 e. The quantitative estimate of drug-likeness (QED) is 0.346. The summed E-state index contributed by atoms with van der Waals surface area (Å²) in [6.07, 6.45) is 0. The van der Waals surface area contributed by atoms with E-state index in [0.29, 0.717) is 5.69 Å². The SMILES string of the molecule is CNc1ccc(S(=O)(=O)N(C)CC(=O)Nc2ccccc2Sc2ccccc2)cc1[N+](=O)[O-]. The fraction of sp³-hybridized carbons (Fsp3) is 0.136. The predicted molar refractivity (Wildman–Crippen MR) is 128 cm³/mol. The summed E-state index contributed by atoms with van der Waals surface area (Å²) in [4.78, 5) is 24.8. The Balaban J connectivity index is 1.75. The number of hydrogen-bond donors (Lipinski definition) is 2. The van der Waals surface area contributed by atoms with Crippen LogP contribution in [0.15, 0.2) is 87.5 Å². The maximum atomic E-state index is 12.9. The zero-order valence-corrected chi connectivity index (χ0v) is 19.5. The van der Waals surface area contributed by atoms with E-state index in [1.807, 2.05) is 42.5 Å². The summed E-state index contributed by atoms with van der Waals surface area (Å²) in [6, 6.07) is 20.4. The number of benzene rings is 3. The molecule has 0 aliphatic carbocycles. The zero-order valence-electron chi connectivity index (χ0n) is 17.9. The number of nitro groups is 1. The highest BCUT2D eigenvalue weighted by Crippen LogP contribution is 2.33. The molecule has 0 saturated carbocycles. The van der Waals surface area contributed by atoms with E-state index < -0.39 is 27.4 Å². The molecule has 0 unspecified atom stereocenters. The molecule has 0 aliphatic rings. The first kappa shape index (κ1) is 24.2. The third-order valence-electron chi connectivity index (χ3n) is 4.64. The summed E-state index contributed by atoms with van der Waals surface area (Å²) < 4.78 is 26.7. The highest BCUT2D eigenvalue weighted by molar-refractivity contribution is 7.99. The first-order chi connectivity index (χ1) is 15.7. The van der Waals surface area contributed by atoms with Crippen molar-refractivity contribution in [3.05, 3.63) is 82.9 Å². The zero-order chi connectivity index (χ0) is 24.0. The highest BCUT2D eigenvalue weighted by atomic mass is 32.2. The summed E-state index contributed by atoms with van der Waals surface area (Å²) >= 11 is 1.47. The summed E-state index contributed by atoms with van der Waals surface area (Å²) in [7, 11) is -1.38. The second-order valence-corrected chi connectivity index (χ2v) is 10.1. The molecular weight excluding hydrogens is 464 g/mol. The topological polar surface area (TPSA) is 122 Å². The maximum absolute atomic E-state index is 12.9. The van der Waals surface area contributed by atoms with Crippen molar-refractivity contribution in [1.82, 2.24) is 4.31 Å². The van der Waals surface area contributed by atoms with Crippen molar-refractivity contribution in [1.29, 1.82) is 0 Å². The first-order valence-corrected chi connectivity index (χ1v) is 12.0. The molecule has 172 valence electrons. The van der Waals surface area contributed by atoms with Crippen LogP contribution in [0.2, 0.25) is 0 Å². The van der Waals surface area contributed by atoms with Gasteiger partial charge in [-0.25, -0.2) is 8.42 Å². The lowest BCUT2D eigenvalue weighted by Crippen LogP contribution is -2.35. The minimum atomic E-state index is -4.13. The number of hydrogen-bond acceptors (Lipinski definition) is 7. The van der Waals surface area contributed by atoms with Crippen LogP contribution < -0.4 is 10.6 Å². The van der Waals surface area contributed by atoms with Gasteiger partial charge in [0.05, 0.1) is 22.1 Å². The van der Waals surface area contributed by atoms with Crippen molar-refractivity contribution < 1.29 is 18.1 Å². The summed E-state index contributed by atoms with van der Waals surface area (Å²) in [5.41, 5.74) is 0.367. The third kappa shape index (κ3) is 5.89. The largest absolute Gasteiger partial charge is 0.383 e. The lowest BCUT2D eigenvalue weighted by molar-refractivity contribution is -0.384. The van der Waals surface area contributed by atoms with E-state index in [-0.39, 0.29) is 16.3 Å². The molecule has 1 amide bonds. The van der Waals surface area contributed by atoms with Crippen LogP contribution in [0.1, 0.15) is 0 Å². The average molecular weight is 487 g/mol. The molecule has 3 aromatic carbocycles. The molecule has 0 radical (unpaired) electrons. The number of carbonyl (C=O) groups is 1. The standard InChI is InChI=1S/C22H22N4O5S2/c1-23-18-13-12-17(14-20(18)26(28)29)33(30,31)25(2)15-22(27)24-19-10-6-7-11-21(19)32-16-8-4-3-5-9-16/h3-14,23H,15H2,1-2H3,(H,24,27). The van der Waals surface area contributed by atoms with E-state index in [1.54, 1.807) is 12.1 Å². The van der Waals surface area contributed by atoms with Crippen LogP contribution >= 0.6 is 11.8 Å². The van der Waals surface area contributed by atoms with Gasteiger partial charge in [0.15, 0.2) is 0 Å². The molecule has 0 aliphatic heterocycles. The Labute approximate surface area is 196 Å². The van der Waals surface area contributed by atoms with Gasteiger partial charge in [-0.1, -0.05) is 42.1 Å². The van der Waals surface area contributed by atoms with E-state index in [4.69, 9.17) is 0 Å². The second-order valence-electron chi connectivity index (χ2n) is 6.91. The smallest absolute Gasteiger partial charge is 0.293 e. The van der Waals surface area contributed by atoms with Crippen molar-refractivity contribution in [3.8, 4) is 0 Å². The number of rotatable bonds is 9. The molecule has 0 spiro atoms. The van der Waals surface area contributed by atoms with Gasteiger partial charge in [-0.15, -0.1) is 0 Å². The van der Waals surface area contributed by atoms with Gasteiger partial charge in [0.25, 0.3) is 5.69 Å². The van der Waals surface area contributed by atoms with Gasteiger partial charge in [-0.3, -0.25) is 14.9 Å². The Bertz CT molecular complexity index is 1270. The summed E-state index contributed by atoms with van der Waals surface area (Å²) in [5.74, 6) is -0.538. The van der Waals surface area contributed by atoms with Crippen LogP contribution in [0.3, 0.4) is 0 Å². The Kier molecular flexibility index (Phi) is 7.69. The summed E-state index contributed by atoms with van der Waals surface area (Å²) in [6.45, 7) is -0.464. The van der Waals surface area contributed by atoms with Gasteiger partial charge in [-0.2, -0.15) is 4.31 Å². The number of likely N-dealkylation sites (N-methyl/N-ethyl adjacent to an activating group) is 1. The predicted octanol–water partition coefficient (Wildman–Crippen LogP) is 4.05. The van der Waals surface area contributed by atoms with Gasteiger partial charge < -0.3 is 10.6 Å². The van der Waals surface area contributed by atoms with Gasteiger partial charge in [0.2, 0.25) is 15.9 Å². The number of anilines is 2. The molecule has 33 heavy (non-hydrogen) atoms. The van der Waals surface area contributed by atoms with Gasteiger partial charge in [-0.05, 0) is 36.4 Å². The molecule has 0 saturated heterocycles. The molecule has 0 heterocycles. The minimum Gasteiger partial charge on any atom is -0.383 e. The monoisotopic (exact) mass is 486 g/mol. The van der Waals surface area contributed by atoms with Crippen molar-refractivity contribution >= 4 is 44.8 Å². The number of carbonyl (C=O) groups excluding carboxylic acids is 1. The number of para-hydroxylation sites is 1. The number of nitrogens with zero attached hydrogens (tertiary/aromatic N) is 2.